The first kappa shape index (κ1) is 8.27. The minimum absolute atomic E-state index is 0.0781. The molecular formula is C7H5BClFO. The van der Waals surface area contributed by atoms with Gasteiger partial charge in [0.05, 0.1) is 0 Å². The van der Waals surface area contributed by atoms with Crippen LogP contribution in [0.2, 0.25) is 5.02 Å². The van der Waals surface area contributed by atoms with Crippen molar-refractivity contribution in [2.45, 2.75) is 0 Å². The molecule has 0 fully saturated rings. The number of rotatable bonds is 1. The standard InChI is InChI=1S/C7H5BClFO/c8-6-1-4(9)2-7(10)5(6)3-11/h1-3H,8H2. The number of aldehydes is 1. The van der Waals surface area contributed by atoms with Crippen LogP contribution in [-0.4, -0.2) is 14.1 Å². The van der Waals surface area contributed by atoms with Crippen molar-refractivity contribution in [1.29, 1.82) is 0 Å². The Labute approximate surface area is 69.6 Å². The highest BCUT2D eigenvalue weighted by Gasteiger charge is 2.04. The van der Waals surface area contributed by atoms with Crippen LogP contribution in [-0.2, 0) is 0 Å². The summed E-state index contributed by atoms with van der Waals surface area (Å²) in [7, 11) is 1.64. The molecule has 1 nitrogen and oxygen atoms in total. The molecule has 0 heterocycles. The fourth-order valence-electron chi connectivity index (χ4n) is 0.863. The Morgan fingerprint density at radius 2 is 2.18 bits per heavy atom. The van der Waals surface area contributed by atoms with E-state index in [1.807, 2.05) is 0 Å². The maximum atomic E-state index is 12.8. The number of carbonyl (C=O) groups excluding carboxylic acids is 1. The van der Waals surface area contributed by atoms with Crippen LogP contribution in [0.5, 0.6) is 0 Å². The first-order chi connectivity index (χ1) is 5.15. The van der Waals surface area contributed by atoms with Crippen LogP contribution in [0.1, 0.15) is 10.4 Å². The van der Waals surface area contributed by atoms with Crippen LogP contribution in [0.25, 0.3) is 0 Å². The molecule has 0 bridgehead atoms. The number of hydrogen-bond acceptors (Lipinski definition) is 1. The monoisotopic (exact) mass is 170 g/mol. The van der Waals surface area contributed by atoms with E-state index in [2.05, 4.69) is 0 Å². The van der Waals surface area contributed by atoms with Crippen LogP contribution >= 0.6 is 11.6 Å². The topological polar surface area (TPSA) is 17.1 Å². The number of carbonyl (C=O) groups is 1. The molecule has 1 aromatic carbocycles. The zero-order valence-electron chi connectivity index (χ0n) is 5.90. The largest absolute Gasteiger partial charge is 0.298 e. The van der Waals surface area contributed by atoms with Gasteiger partial charge >= 0.3 is 0 Å². The summed E-state index contributed by atoms with van der Waals surface area (Å²) in [4.78, 5) is 10.3. The van der Waals surface area contributed by atoms with Gasteiger partial charge in [-0.3, -0.25) is 4.79 Å². The molecule has 0 saturated heterocycles. The lowest BCUT2D eigenvalue weighted by atomic mass is 9.91. The van der Waals surface area contributed by atoms with Crippen molar-refractivity contribution in [3.63, 3.8) is 0 Å². The SMILES string of the molecule is Bc1cc(Cl)cc(F)c1C=O. The highest BCUT2D eigenvalue weighted by atomic mass is 35.5. The van der Waals surface area contributed by atoms with Crippen LogP contribution in [0.3, 0.4) is 0 Å². The van der Waals surface area contributed by atoms with Gasteiger partial charge in [-0.05, 0) is 12.1 Å². The molecule has 0 N–H and O–H groups in total. The molecule has 0 unspecified atom stereocenters. The molecule has 0 spiro atoms. The third kappa shape index (κ3) is 1.60. The highest BCUT2D eigenvalue weighted by Crippen LogP contribution is 2.10. The molecule has 0 radical (unpaired) electrons. The summed E-state index contributed by atoms with van der Waals surface area (Å²) in [5, 5.41) is 0.311. The molecule has 1 aromatic rings. The van der Waals surface area contributed by atoms with Crippen molar-refractivity contribution < 1.29 is 9.18 Å². The second-order valence-corrected chi connectivity index (χ2v) is 2.67. The smallest absolute Gasteiger partial charge is 0.152 e. The lowest BCUT2D eigenvalue weighted by Gasteiger charge is -1.99. The Bertz CT molecular complexity index is 277. The van der Waals surface area contributed by atoms with Crippen molar-refractivity contribution in [2.24, 2.45) is 0 Å². The summed E-state index contributed by atoms with van der Waals surface area (Å²) in [5.74, 6) is -0.565. The van der Waals surface area contributed by atoms with E-state index >= 15 is 0 Å². The third-order valence-corrected chi connectivity index (χ3v) is 1.64. The fraction of sp³-hybridized carbons (Fsp3) is 0. The molecule has 0 saturated carbocycles. The predicted molar refractivity (Wildman–Crippen MR) is 45.0 cm³/mol. The van der Waals surface area contributed by atoms with Gasteiger partial charge < -0.3 is 0 Å². The molecule has 4 heteroatoms. The molecule has 0 aliphatic carbocycles. The van der Waals surface area contributed by atoms with E-state index in [-0.39, 0.29) is 5.56 Å². The molecule has 0 amide bonds. The van der Waals surface area contributed by atoms with Gasteiger partial charge in [-0.25, -0.2) is 4.39 Å². The third-order valence-electron chi connectivity index (χ3n) is 1.42. The Hall–Kier alpha value is -0.825. The lowest BCUT2D eigenvalue weighted by Crippen LogP contribution is -2.11. The van der Waals surface area contributed by atoms with Gasteiger partial charge in [0.15, 0.2) is 6.29 Å². The molecule has 0 aromatic heterocycles. The zero-order chi connectivity index (χ0) is 8.43. The second kappa shape index (κ2) is 3.05. The van der Waals surface area contributed by atoms with Crippen molar-refractivity contribution in [1.82, 2.24) is 0 Å². The summed E-state index contributed by atoms with van der Waals surface area (Å²) in [6, 6.07) is 2.67. The Kier molecular flexibility index (Phi) is 2.30. The molecule has 0 aliphatic heterocycles. The minimum atomic E-state index is -0.565. The number of halogens is 2. The maximum Gasteiger partial charge on any atom is 0.152 e. The Morgan fingerprint density at radius 3 is 2.64 bits per heavy atom. The molecule has 11 heavy (non-hydrogen) atoms. The highest BCUT2D eigenvalue weighted by molar-refractivity contribution is 6.38. The summed E-state index contributed by atoms with van der Waals surface area (Å²) >= 11 is 5.52. The van der Waals surface area contributed by atoms with Crippen LogP contribution in [0.15, 0.2) is 12.1 Å². The van der Waals surface area contributed by atoms with E-state index in [9.17, 15) is 9.18 Å². The normalized spacial score (nSPS) is 9.64. The lowest BCUT2D eigenvalue weighted by molar-refractivity contribution is 0.112. The van der Waals surface area contributed by atoms with E-state index in [0.717, 1.165) is 6.07 Å². The van der Waals surface area contributed by atoms with Crippen LogP contribution in [0.4, 0.5) is 4.39 Å². The minimum Gasteiger partial charge on any atom is -0.298 e. The number of hydrogen-bond donors (Lipinski definition) is 0. The average molecular weight is 170 g/mol. The van der Waals surface area contributed by atoms with E-state index < -0.39 is 5.82 Å². The van der Waals surface area contributed by atoms with E-state index in [1.54, 1.807) is 13.9 Å². The molecular weight excluding hydrogens is 165 g/mol. The zero-order valence-corrected chi connectivity index (χ0v) is 6.65. The summed E-state index contributed by atoms with van der Waals surface area (Å²) in [6.45, 7) is 0. The Morgan fingerprint density at radius 1 is 1.55 bits per heavy atom. The maximum absolute atomic E-state index is 12.8. The van der Waals surface area contributed by atoms with Gasteiger partial charge in [-0.2, -0.15) is 0 Å². The summed E-state index contributed by atoms with van der Waals surface area (Å²) < 4.78 is 12.8. The van der Waals surface area contributed by atoms with Gasteiger partial charge in [0.25, 0.3) is 0 Å². The van der Waals surface area contributed by atoms with Gasteiger partial charge in [0, 0.05) is 10.6 Å². The first-order valence-corrected chi connectivity index (χ1v) is 3.44. The molecule has 1 rings (SSSR count). The van der Waals surface area contributed by atoms with E-state index in [1.165, 1.54) is 0 Å². The van der Waals surface area contributed by atoms with Crippen molar-refractivity contribution in [2.75, 3.05) is 0 Å². The fourth-order valence-corrected chi connectivity index (χ4v) is 1.12. The van der Waals surface area contributed by atoms with Crippen molar-refractivity contribution in [3.05, 3.63) is 28.5 Å². The first-order valence-electron chi connectivity index (χ1n) is 3.06. The predicted octanol–water partition coefficient (Wildman–Crippen LogP) is 0.550. The van der Waals surface area contributed by atoms with E-state index in [0.29, 0.717) is 16.8 Å². The van der Waals surface area contributed by atoms with Gasteiger partial charge in [-0.1, -0.05) is 17.1 Å². The molecule has 0 aliphatic rings. The quantitative estimate of drug-likeness (QED) is 0.444. The van der Waals surface area contributed by atoms with E-state index in [4.69, 9.17) is 11.6 Å². The second-order valence-electron chi connectivity index (χ2n) is 2.24. The Balaban J connectivity index is 3.36. The van der Waals surface area contributed by atoms with Crippen LogP contribution in [0, 0.1) is 5.82 Å². The summed E-state index contributed by atoms with van der Waals surface area (Å²) in [6.07, 6.45) is 0.487. The van der Waals surface area contributed by atoms with Crippen molar-refractivity contribution >= 4 is 31.2 Å². The van der Waals surface area contributed by atoms with Gasteiger partial charge in [-0.15, -0.1) is 0 Å². The molecule has 56 valence electrons. The van der Waals surface area contributed by atoms with Crippen molar-refractivity contribution in [3.8, 4) is 0 Å². The van der Waals surface area contributed by atoms with Gasteiger partial charge in [0.2, 0.25) is 0 Å². The van der Waals surface area contributed by atoms with Crippen LogP contribution < -0.4 is 5.46 Å². The van der Waals surface area contributed by atoms with Gasteiger partial charge in [0.1, 0.15) is 13.7 Å². The summed E-state index contributed by atoms with van der Waals surface area (Å²) in [5.41, 5.74) is 0.638. The number of benzene rings is 1. The molecule has 0 atom stereocenters. The average Bonchev–Trinajstić information content (AvgIpc) is 1.85.